The van der Waals surface area contributed by atoms with Crippen LogP contribution in [0.2, 0.25) is 0 Å². The van der Waals surface area contributed by atoms with Crippen molar-refractivity contribution in [3.8, 4) is 5.75 Å². The second-order valence-corrected chi connectivity index (χ2v) is 7.11. The smallest absolute Gasteiger partial charge is 0.309 e. The number of carbonyl (C=O) groups is 2. The van der Waals surface area contributed by atoms with Crippen molar-refractivity contribution in [1.29, 1.82) is 0 Å². The number of benzene rings is 1. The Hall–Kier alpha value is -2.04. The van der Waals surface area contributed by atoms with E-state index in [0.717, 1.165) is 18.8 Å². The molecule has 0 N–H and O–H groups in total. The van der Waals surface area contributed by atoms with Gasteiger partial charge in [-0.25, -0.2) is 0 Å². The van der Waals surface area contributed by atoms with E-state index in [1.54, 1.807) is 0 Å². The predicted molar refractivity (Wildman–Crippen MR) is 106 cm³/mol. The van der Waals surface area contributed by atoms with Gasteiger partial charge in [-0.05, 0) is 50.5 Å². The first-order valence-electron chi connectivity index (χ1n) is 10.3. The van der Waals surface area contributed by atoms with E-state index < -0.39 is 0 Å². The average molecular weight is 376 g/mol. The van der Waals surface area contributed by atoms with Gasteiger partial charge in [0.05, 0.1) is 19.1 Å². The number of hydrogen-bond acceptors (Lipinski definition) is 4. The van der Waals surface area contributed by atoms with Gasteiger partial charge in [0.25, 0.3) is 5.91 Å². The van der Waals surface area contributed by atoms with Crippen molar-refractivity contribution in [3.63, 3.8) is 0 Å². The van der Waals surface area contributed by atoms with E-state index in [1.807, 2.05) is 36.1 Å². The molecule has 1 amide bonds. The molecule has 5 heteroatoms. The lowest BCUT2D eigenvalue weighted by molar-refractivity contribution is -0.149. The lowest BCUT2D eigenvalue weighted by Crippen LogP contribution is -2.40. The molecule has 0 aromatic heterocycles. The Morgan fingerprint density at radius 1 is 1.00 bits per heavy atom. The molecule has 1 saturated heterocycles. The van der Waals surface area contributed by atoms with Crippen LogP contribution in [0.1, 0.15) is 69.2 Å². The van der Waals surface area contributed by atoms with Crippen LogP contribution in [0.15, 0.2) is 24.3 Å². The van der Waals surface area contributed by atoms with Crippen molar-refractivity contribution in [2.45, 2.75) is 58.8 Å². The van der Waals surface area contributed by atoms with Gasteiger partial charge in [-0.2, -0.15) is 0 Å². The lowest BCUT2D eigenvalue weighted by Gasteiger charge is -2.31. The van der Waals surface area contributed by atoms with Gasteiger partial charge >= 0.3 is 5.97 Å². The third-order valence-electron chi connectivity index (χ3n) is 5.02. The summed E-state index contributed by atoms with van der Waals surface area (Å²) in [5, 5.41) is 0. The fourth-order valence-electron chi connectivity index (χ4n) is 3.35. The van der Waals surface area contributed by atoms with Crippen LogP contribution in [0.5, 0.6) is 5.75 Å². The summed E-state index contributed by atoms with van der Waals surface area (Å²) in [4.78, 5) is 26.3. The summed E-state index contributed by atoms with van der Waals surface area (Å²) in [5.74, 6) is 0.606. The Morgan fingerprint density at radius 2 is 1.67 bits per heavy atom. The molecule has 0 saturated carbocycles. The summed E-state index contributed by atoms with van der Waals surface area (Å²) in [6, 6.07) is 7.38. The van der Waals surface area contributed by atoms with Crippen molar-refractivity contribution in [2.24, 2.45) is 5.92 Å². The molecular formula is C22H33NO4. The molecule has 1 fully saturated rings. The Labute approximate surface area is 163 Å². The summed E-state index contributed by atoms with van der Waals surface area (Å²) in [5.41, 5.74) is 0.667. The third-order valence-corrected chi connectivity index (χ3v) is 5.02. The van der Waals surface area contributed by atoms with Gasteiger partial charge in [-0.15, -0.1) is 0 Å². The maximum Gasteiger partial charge on any atom is 0.309 e. The van der Waals surface area contributed by atoms with E-state index in [1.165, 1.54) is 25.7 Å². The van der Waals surface area contributed by atoms with Crippen LogP contribution in [0.3, 0.4) is 0 Å². The van der Waals surface area contributed by atoms with Gasteiger partial charge in [-0.1, -0.05) is 32.6 Å². The van der Waals surface area contributed by atoms with E-state index in [0.29, 0.717) is 38.1 Å². The number of hydrogen-bond donors (Lipinski definition) is 0. The minimum atomic E-state index is -0.138. The average Bonchev–Trinajstić information content (AvgIpc) is 2.71. The Kier molecular flexibility index (Phi) is 9.16. The molecule has 0 unspecified atom stereocenters. The molecule has 5 nitrogen and oxygen atoms in total. The van der Waals surface area contributed by atoms with Crippen LogP contribution in [-0.4, -0.2) is 43.1 Å². The van der Waals surface area contributed by atoms with E-state index in [4.69, 9.17) is 9.47 Å². The molecule has 150 valence electrons. The number of ether oxygens (including phenoxy) is 2. The maximum absolute atomic E-state index is 12.6. The number of esters is 1. The highest BCUT2D eigenvalue weighted by molar-refractivity contribution is 5.94. The van der Waals surface area contributed by atoms with Gasteiger partial charge in [0, 0.05) is 18.7 Å². The number of likely N-dealkylation sites (tertiary alicyclic amines) is 1. The molecule has 1 aliphatic heterocycles. The summed E-state index contributed by atoms with van der Waals surface area (Å²) in [6.07, 6.45) is 7.40. The molecule has 2 rings (SSSR count). The van der Waals surface area contributed by atoms with E-state index >= 15 is 0 Å². The zero-order valence-electron chi connectivity index (χ0n) is 16.7. The van der Waals surface area contributed by atoms with Gasteiger partial charge in [0.1, 0.15) is 5.75 Å². The highest BCUT2D eigenvalue weighted by atomic mass is 16.5. The molecule has 1 aliphatic rings. The van der Waals surface area contributed by atoms with Crippen molar-refractivity contribution in [3.05, 3.63) is 29.8 Å². The Bertz CT molecular complexity index is 576. The van der Waals surface area contributed by atoms with Gasteiger partial charge in [0.2, 0.25) is 0 Å². The monoisotopic (exact) mass is 375 g/mol. The number of rotatable bonds is 10. The van der Waals surface area contributed by atoms with Crippen LogP contribution in [0, 0.1) is 5.92 Å². The highest BCUT2D eigenvalue weighted by Crippen LogP contribution is 2.21. The zero-order chi connectivity index (χ0) is 19.5. The van der Waals surface area contributed by atoms with Crippen molar-refractivity contribution >= 4 is 11.9 Å². The zero-order valence-corrected chi connectivity index (χ0v) is 16.7. The van der Waals surface area contributed by atoms with Crippen LogP contribution in [-0.2, 0) is 9.53 Å². The highest BCUT2D eigenvalue weighted by Gasteiger charge is 2.28. The van der Waals surface area contributed by atoms with E-state index in [-0.39, 0.29) is 17.8 Å². The Morgan fingerprint density at radius 3 is 2.30 bits per heavy atom. The molecule has 1 aromatic carbocycles. The first-order valence-corrected chi connectivity index (χ1v) is 10.3. The van der Waals surface area contributed by atoms with E-state index in [2.05, 4.69) is 6.92 Å². The van der Waals surface area contributed by atoms with Crippen LogP contribution < -0.4 is 4.74 Å². The molecule has 27 heavy (non-hydrogen) atoms. The molecule has 1 heterocycles. The molecule has 0 atom stereocenters. The predicted octanol–water partition coefficient (Wildman–Crippen LogP) is 4.45. The molecule has 1 aromatic rings. The summed E-state index contributed by atoms with van der Waals surface area (Å²) in [7, 11) is 0. The minimum Gasteiger partial charge on any atom is -0.494 e. The molecule has 0 bridgehead atoms. The second kappa shape index (κ2) is 11.6. The molecule has 0 spiro atoms. The summed E-state index contributed by atoms with van der Waals surface area (Å²) in [6.45, 7) is 6.35. The van der Waals surface area contributed by atoms with Crippen molar-refractivity contribution in [2.75, 3.05) is 26.3 Å². The van der Waals surface area contributed by atoms with Gasteiger partial charge in [0.15, 0.2) is 0 Å². The first kappa shape index (κ1) is 21.3. The normalized spacial score (nSPS) is 14.8. The molecular weight excluding hydrogens is 342 g/mol. The quantitative estimate of drug-likeness (QED) is 0.448. The third kappa shape index (κ3) is 6.89. The second-order valence-electron chi connectivity index (χ2n) is 7.11. The van der Waals surface area contributed by atoms with Crippen LogP contribution in [0.4, 0.5) is 0 Å². The largest absolute Gasteiger partial charge is 0.494 e. The van der Waals surface area contributed by atoms with Gasteiger partial charge < -0.3 is 14.4 Å². The number of piperidine rings is 1. The minimum absolute atomic E-state index is 0.0171. The number of nitrogens with zero attached hydrogens (tertiary/aromatic N) is 1. The standard InChI is InChI=1S/C22H33NO4/c1-3-5-6-7-8-17-27-20-11-9-18(10-12-20)21(24)23-15-13-19(14-16-23)22(25)26-4-2/h9-12,19H,3-8,13-17H2,1-2H3. The van der Waals surface area contributed by atoms with Gasteiger partial charge in [-0.3, -0.25) is 9.59 Å². The molecule has 0 radical (unpaired) electrons. The van der Waals surface area contributed by atoms with Crippen molar-refractivity contribution < 1.29 is 19.1 Å². The number of amides is 1. The van der Waals surface area contributed by atoms with E-state index in [9.17, 15) is 9.59 Å². The number of carbonyl (C=O) groups excluding carboxylic acids is 2. The number of unbranched alkanes of at least 4 members (excludes halogenated alkanes) is 4. The molecule has 0 aliphatic carbocycles. The fraction of sp³-hybridized carbons (Fsp3) is 0.636. The fourth-order valence-corrected chi connectivity index (χ4v) is 3.35. The first-order chi connectivity index (χ1) is 13.2. The van der Waals surface area contributed by atoms with Crippen molar-refractivity contribution in [1.82, 2.24) is 4.90 Å². The SMILES string of the molecule is CCCCCCCOc1ccc(C(=O)N2CCC(C(=O)OCC)CC2)cc1. The summed E-state index contributed by atoms with van der Waals surface area (Å²) >= 11 is 0. The lowest BCUT2D eigenvalue weighted by atomic mass is 9.96. The Balaban J connectivity index is 1.74. The maximum atomic E-state index is 12.6. The summed E-state index contributed by atoms with van der Waals surface area (Å²) < 4.78 is 10.8. The van der Waals surface area contributed by atoms with Crippen LogP contribution in [0.25, 0.3) is 0 Å². The van der Waals surface area contributed by atoms with Crippen LogP contribution >= 0.6 is 0 Å². The topological polar surface area (TPSA) is 55.8 Å².